The Labute approximate surface area is 177 Å². The van der Waals surface area contributed by atoms with Crippen molar-refractivity contribution in [2.24, 2.45) is 0 Å². The predicted molar refractivity (Wildman–Crippen MR) is 122 cm³/mol. The molecule has 150 valence electrons. The third-order valence-corrected chi connectivity index (χ3v) is 5.73. The first kappa shape index (κ1) is 19.7. The maximum Gasteiger partial charge on any atom is 0.332 e. The van der Waals surface area contributed by atoms with Crippen molar-refractivity contribution in [1.82, 2.24) is 0 Å². The van der Waals surface area contributed by atoms with Gasteiger partial charge in [0.2, 0.25) is 0 Å². The van der Waals surface area contributed by atoms with Crippen LogP contribution in [0.1, 0.15) is 40.3 Å². The number of hydrogen-bond acceptors (Lipinski definition) is 3. The molecule has 0 aliphatic carbocycles. The van der Waals surface area contributed by atoms with Gasteiger partial charge in [0, 0.05) is 28.3 Å². The Balaban J connectivity index is 2.11. The Morgan fingerprint density at radius 2 is 1.33 bits per heavy atom. The molecule has 2 aromatic carbocycles. The molecule has 3 heteroatoms. The Kier molecular flexibility index (Phi) is 4.83. The van der Waals surface area contributed by atoms with Gasteiger partial charge in [0.1, 0.15) is 11.5 Å². The molecular formula is C27H24O3. The first-order chi connectivity index (χ1) is 14.4. The molecule has 0 saturated carbocycles. The molecule has 0 fully saturated rings. The van der Waals surface area contributed by atoms with Crippen molar-refractivity contribution in [2.75, 3.05) is 0 Å². The van der Waals surface area contributed by atoms with Crippen LogP contribution in [-0.4, -0.2) is 5.97 Å². The van der Waals surface area contributed by atoms with Crippen LogP contribution in [0, 0.1) is 13.8 Å². The van der Waals surface area contributed by atoms with Crippen molar-refractivity contribution in [1.29, 1.82) is 0 Å². The second-order valence-corrected chi connectivity index (χ2v) is 7.57. The lowest BCUT2D eigenvalue weighted by atomic mass is 9.76. The minimum atomic E-state index is -1.01. The smallest absolute Gasteiger partial charge is 0.332 e. The standard InChI is InChI=1S/C27H24O3/c1-6-8-10-20-17(3)12-14-22-25(20)29-26-21(11-9-7-2)18(4)13-15-23(26)27(22)19(5)16-24(28)30-27/h6-16H,1-2H2,3-5H3/b10-8-,11-9-. The molecule has 1 spiro atoms. The SMILES string of the molecule is C=C/C=C\c1c(C)ccc2c1Oc1c(ccc(C)c1/C=C\C=C)C21OC(=O)C=C1C. The largest absolute Gasteiger partial charge is 0.455 e. The summed E-state index contributed by atoms with van der Waals surface area (Å²) < 4.78 is 12.6. The van der Waals surface area contributed by atoms with Gasteiger partial charge in [-0.15, -0.1) is 0 Å². The van der Waals surface area contributed by atoms with Crippen LogP contribution in [0.4, 0.5) is 0 Å². The summed E-state index contributed by atoms with van der Waals surface area (Å²) in [5.74, 6) is 1.04. The third kappa shape index (κ3) is 2.78. The van der Waals surface area contributed by atoms with Crippen molar-refractivity contribution >= 4 is 18.1 Å². The Hall–Kier alpha value is -3.59. The van der Waals surface area contributed by atoms with Gasteiger partial charge in [0.05, 0.1) is 0 Å². The summed E-state index contributed by atoms with van der Waals surface area (Å²) in [6.07, 6.45) is 12.7. The summed E-state index contributed by atoms with van der Waals surface area (Å²) >= 11 is 0. The van der Waals surface area contributed by atoms with Crippen molar-refractivity contribution in [3.05, 3.63) is 107 Å². The van der Waals surface area contributed by atoms with Crippen LogP contribution in [0.15, 0.2) is 73.4 Å². The Morgan fingerprint density at radius 1 is 0.833 bits per heavy atom. The Morgan fingerprint density at radius 3 is 1.73 bits per heavy atom. The van der Waals surface area contributed by atoms with Crippen LogP contribution in [0.2, 0.25) is 0 Å². The maximum absolute atomic E-state index is 12.4. The maximum atomic E-state index is 12.4. The van der Waals surface area contributed by atoms with E-state index >= 15 is 0 Å². The molecular weight excluding hydrogens is 372 g/mol. The summed E-state index contributed by atoms with van der Waals surface area (Å²) in [7, 11) is 0. The van der Waals surface area contributed by atoms with Crippen LogP contribution in [-0.2, 0) is 15.1 Å². The fraction of sp³-hybridized carbons (Fsp3) is 0.148. The molecule has 0 bridgehead atoms. The van der Waals surface area contributed by atoms with Crippen molar-refractivity contribution in [2.45, 2.75) is 26.4 Å². The highest BCUT2D eigenvalue weighted by Gasteiger charge is 2.51. The average molecular weight is 396 g/mol. The van der Waals surface area contributed by atoms with Gasteiger partial charge < -0.3 is 9.47 Å². The van der Waals surface area contributed by atoms with Gasteiger partial charge in [-0.3, -0.25) is 0 Å². The highest BCUT2D eigenvalue weighted by molar-refractivity contribution is 5.90. The average Bonchev–Trinajstić information content (AvgIpc) is 3.01. The van der Waals surface area contributed by atoms with E-state index < -0.39 is 5.60 Å². The number of allylic oxidation sites excluding steroid dienone is 4. The van der Waals surface area contributed by atoms with Crippen LogP contribution in [0.25, 0.3) is 12.2 Å². The van der Waals surface area contributed by atoms with Crippen molar-refractivity contribution < 1.29 is 14.3 Å². The zero-order valence-corrected chi connectivity index (χ0v) is 17.5. The second-order valence-electron chi connectivity index (χ2n) is 7.57. The van der Waals surface area contributed by atoms with Gasteiger partial charge in [0.25, 0.3) is 0 Å². The molecule has 30 heavy (non-hydrogen) atoms. The van der Waals surface area contributed by atoms with E-state index in [1.165, 1.54) is 0 Å². The molecule has 2 heterocycles. The molecule has 0 amide bonds. The van der Waals surface area contributed by atoms with Crippen LogP contribution in [0.3, 0.4) is 0 Å². The van der Waals surface area contributed by atoms with E-state index in [-0.39, 0.29) is 5.97 Å². The van der Waals surface area contributed by atoms with E-state index in [9.17, 15) is 4.79 Å². The molecule has 0 N–H and O–H groups in total. The summed E-state index contributed by atoms with van der Waals surface area (Å²) in [6, 6.07) is 8.05. The second kappa shape index (κ2) is 7.34. The third-order valence-electron chi connectivity index (χ3n) is 5.73. The number of esters is 1. The monoisotopic (exact) mass is 396 g/mol. The number of hydrogen-bond donors (Lipinski definition) is 0. The first-order valence-corrected chi connectivity index (χ1v) is 9.90. The lowest BCUT2D eigenvalue weighted by Crippen LogP contribution is -2.34. The first-order valence-electron chi connectivity index (χ1n) is 9.90. The summed E-state index contributed by atoms with van der Waals surface area (Å²) in [5.41, 5.74) is 5.48. The fourth-order valence-corrected chi connectivity index (χ4v) is 4.23. The molecule has 3 nitrogen and oxygen atoms in total. The zero-order valence-electron chi connectivity index (χ0n) is 17.5. The lowest BCUT2D eigenvalue weighted by Gasteiger charge is -2.39. The molecule has 2 aliphatic rings. The molecule has 2 aromatic rings. The van der Waals surface area contributed by atoms with Crippen LogP contribution in [0.5, 0.6) is 11.5 Å². The molecule has 2 aliphatic heterocycles. The normalized spacial score (nSPS) is 16.2. The molecule has 4 rings (SSSR count). The number of aryl methyl sites for hydroxylation is 2. The zero-order chi connectivity index (χ0) is 21.5. The van der Waals surface area contributed by atoms with Gasteiger partial charge >= 0.3 is 5.97 Å². The van der Waals surface area contributed by atoms with E-state index in [1.54, 1.807) is 18.2 Å². The van der Waals surface area contributed by atoms with E-state index in [4.69, 9.17) is 9.47 Å². The van der Waals surface area contributed by atoms with E-state index in [0.29, 0.717) is 11.5 Å². The number of benzene rings is 2. The molecule has 0 radical (unpaired) electrons. The number of carbonyl (C=O) groups is 1. The van der Waals surface area contributed by atoms with E-state index in [2.05, 4.69) is 13.2 Å². The topological polar surface area (TPSA) is 35.5 Å². The number of carbonyl (C=O) groups excluding carboxylic acids is 1. The van der Waals surface area contributed by atoms with Gasteiger partial charge in [-0.1, -0.05) is 73.9 Å². The van der Waals surface area contributed by atoms with Crippen molar-refractivity contribution in [3.63, 3.8) is 0 Å². The highest BCUT2D eigenvalue weighted by Crippen LogP contribution is 2.57. The highest BCUT2D eigenvalue weighted by atomic mass is 16.6. The van der Waals surface area contributed by atoms with Crippen LogP contribution < -0.4 is 4.74 Å². The lowest BCUT2D eigenvalue weighted by molar-refractivity contribution is -0.144. The Bertz CT molecular complexity index is 1100. The number of rotatable bonds is 4. The van der Waals surface area contributed by atoms with Crippen LogP contribution >= 0.6 is 0 Å². The minimum absolute atomic E-state index is 0.348. The number of ether oxygens (including phenoxy) is 2. The summed E-state index contributed by atoms with van der Waals surface area (Å²) in [5, 5.41) is 0. The summed E-state index contributed by atoms with van der Waals surface area (Å²) in [6.45, 7) is 13.6. The van der Waals surface area contributed by atoms with Gasteiger partial charge in [-0.2, -0.15) is 0 Å². The van der Waals surface area contributed by atoms with Gasteiger partial charge in [-0.25, -0.2) is 4.79 Å². The van der Waals surface area contributed by atoms with Gasteiger partial charge in [0.15, 0.2) is 5.60 Å². The molecule has 0 unspecified atom stereocenters. The van der Waals surface area contributed by atoms with Gasteiger partial charge in [-0.05, 0) is 37.5 Å². The minimum Gasteiger partial charge on any atom is -0.455 e. The molecule has 0 atom stereocenters. The van der Waals surface area contributed by atoms with E-state index in [1.807, 2.05) is 69.3 Å². The fourth-order valence-electron chi connectivity index (χ4n) is 4.23. The number of fused-ring (bicyclic) bond motifs is 4. The molecule has 0 saturated heterocycles. The van der Waals surface area contributed by atoms with Crippen molar-refractivity contribution in [3.8, 4) is 11.5 Å². The summed E-state index contributed by atoms with van der Waals surface area (Å²) in [4.78, 5) is 12.4. The predicted octanol–water partition coefficient (Wildman–Crippen LogP) is 6.55. The quantitative estimate of drug-likeness (QED) is 0.434. The molecule has 0 aromatic heterocycles. The van der Waals surface area contributed by atoms with E-state index in [0.717, 1.165) is 39.0 Å².